The zero-order valence-corrected chi connectivity index (χ0v) is 17.5. The number of allylic oxidation sites excluding steroid dienone is 3. The van der Waals surface area contributed by atoms with E-state index < -0.39 is 0 Å². The molecular weight excluding hydrogens is 399 g/mol. The molecule has 0 amide bonds. The van der Waals surface area contributed by atoms with Gasteiger partial charge < -0.3 is 5.32 Å². The monoisotopic (exact) mass is 420 g/mol. The molecule has 2 heterocycles. The second kappa shape index (κ2) is 8.67. The number of anilines is 1. The van der Waals surface area contributed by atoms with Crippen molar-refractivity contribution in [3.8, 4) is 0 Å². The third kappa shape index (κ3) is 4.21. The molecular formula is C23H21FN4OS. The maximum Gasteiger partial charge on any atom is 0.227 e. The summed E-state index contributed by atoms with van der Waals surface area (Å²) in [6, 6.07) is 16.2. The lowest BCUT2D eigenvalue weighted by molar-refractivity contribution is -0.114. The van der Waals surface area contributed by atoms with Crippen LogP contribution in [0.4, 0.5) is 10.3 Å². The number of fused-ring (bicyclic) bond motifs is 1. The highest BCUT2D eigenvalue weighted by Gasteiger charge is 2.29. The van der Waals surface area contributed by atoms with E-state index in [1.165, 1.54) is 17.8 Å². The number of nitrogens with zero attached hydrogens (tertiary/aromatic N) is 3. The minimum atomic E-state index is -0.366. The van der Waals surface area contributed by atoms with Crippen molar-refractivity contribution in [2.45, 2.75) is 30.8 Å². The van der Waals surface area contributed by atoms with Gasteiger partial charge in [0.05, 0.1) is 0 Å². The first kappa shape index (κ1) is 20.1. The molecule has 1 atom stereocenters. The van der Waals surface area contributed by atoms with Crippen molar-refractivity contribution < 1.29 is 9.18 Å². The molecule has 2 aromatic carbocycles. The highest BCUT2D eigenvalue weighted by Crippen LogP contribution is 2.34. The minimum Gasteiger partial charge on any atom is -0.328 e. The van der Waals surface area contributed by atoms with Gasteiger partial charge in [0, 0.05) is 17.0 Å². The van der Waals surface area contributed by atoms with Gasteiger partial charge in [-0.1, -0.05) is 72.4 Å². The van der Waals surface area contributed by atoms with E-state index >= 15 is 0 Å². The lowest BCUT2D eigenvalue weighted by Crippen LogP contribution is -2.25. The number of aromatic nitrogens is 3. The summed E-state index contributed by atoms with van der Waals surface area (Å²) in [5.74, 6) is 0.722. The lowest BCUT2D eigenvalue weighted by Gasteiger charge is -2.25. The topological polar surface area (TPSA) is 59.8 Å². The standard InChI is InChI=1S/C23H21FN4OS/c1-15-21(16(2)29)20(13-12-17-8-4-3-5-9-17)28-22(25-15)26-23(27-28)30-14-18-10-6-7-11-19(18)24/h3-13,20H,14H2,1-2H3,(H,25,26,27)/b13-12+. The largest absolute Gasteiger partial charge is 0.328 e. The summed E-state index contributed by atoms with van der Waals surface area (Å²) in [5.41, 5.74) is 3.04. The second-order valence-corrected chi connectivity index (χ2v) is 7.92. The second-order valence-electron chi connectivity index (χ2n) is 6.98. The quantitative estimate of drug-likeness (QED) is 0.552. The predicted octanol–water partition coefficient (Wildman–Crippen LogP) is 5.25. The number of rotatable bonds is 6. The summed E-state index contributed by atoms with van der Waals surface area (Å²) in [7, 11) is 0. The van der Waals surface area contributed by atoms with Gasteiger partial charge in [0.1, 0.15) is 11.9 Å². The van der Waals surface area contributed by atoms with E-state index in [4.69, 9.17) is 0 Å². The molecule has 1 aromatic heterocycles. The number of hydrogen-bond donors (Lipinski definition) is 1. The highest BCUT2D eigenvalue weighted by atomic mass is 32.2. The van der Waals surface area contributed by atoms with E-state index in [1.807, 2.05) is 55.5 Å². The Kier molecular flexibility index (Phi) is 5.81. The number of benzene rings is 2. The Labute approximate surface area is 178 Å². The van der Waals surface area contributed by atoms with Gasteiger partial charge >= 0.3 is 0 Å². The van der Waals surface area contributed by atoms with E-state index in [-0.39, 0.29) is 17.6 Å². The van der Waals surface area contributed by atoms with Gasteiger partial charge in [-0.25, -0.2) is 9.07 Å². The Morgan fingerprint density at radius 3 is 2.67 bits per heavy atom. The maximum absolute atomic E-state index is 13.9. The van der Waals surface area contributed by atoms with E-state index in [0.717, 1.165) is 11.3 Å². The first-order valence-corrected chi connectivity index (χ1v) is 10.6. The minimum absolute atomic E-state index is 0.0237. The van der Waals surface area contributed by atoms with Crippen molar-refractivity contribution in [3.63, 3.8) is 0 Å². The summed E-state index contributed by atoms with van der Waals surface area (Å²) < 4.78 is 15.6. The molecule has 1 unspecified atom stereocenters. The average molecular weight is 421 g/mol. The molecule has 4 rings (SSSR count). The fourth-order valence-corrected chi connectivity index (χ4v) is 4.21. The summed E-state index contributed by atoms with van der Waals surface area (Å²) in [6.07, 6.45) is 3.93. The molecule has 7 heteroatoms. The van der Waals surface area contributed by atoms with Gasteiger partial charge in [-0.2, -0.15) is 4.98 Å². The van der Waals surface area contributed by atoms with Crippen LogP contribution >= 0.6 is 11.8 Å². The van der Waals surface area contributed by atoms with Gasteiger partial charge in [0.25, 0.3) is 0 Å². The predicted molar refractivity (Wildman–Crippen MR) is 117 cm³/mol. The highest BCUT2D eigenvalue weighted by molar-refractivity contribution is 7.98. The summed E-state index contributed by atoms with van der Waals surface area (Å²) in [4.78, 5) is 16.9. The average Bonchev–Trinajstić information content (AvgIpc) is 3.14. The van der Waals surface area contributed by atoms with Crippen molar-refractivity contribution >= 4 is 29.6 Å². The first-order valence-electron chi connectivity index (χ1n) is 9.57. The van der Waals surface area contributed by atoms with Crippen LogP contribution in [0, 0.1) is 5.82 Å². The summed E-state index contributed by atoms with van der Waals surface area (Å²) in [6.45, 7) is 3.42. The van der Waals surface area contributed by atoms with E-state index in [0.29, 0.717) is 28.0 Å². The van der Waals surface area contributed by atoms with Crippen molar-refractivity contribution in [1.29, 1.82) is 0 Å². The molecule has 5 nitrogen and oxygen atoms in total. The number of nitrogens with one attached hydrogen (secondary N) is 1. The number of thioether (sulfide) groups is 1. The SMILES string of the molecule is CC(=O)C1=C(C)Nc2nc(SCc3ccccc3F)nn2C1/C=C/c1ccccc1. The molecule has 0 aliphatic carbocycles. The number of hydrogen-bond acceptors (Lipinski definition) is 5. The summed E-state index contributed by atoms with van der Waals surface area (Å²) in [5, 5.41) is 8.30. The molecule has 1 N–H and O–H groups in total. The molecule has 0 saturated carbocycles. The van der Waals surface area contributed by atoms with Crippen LogP contribution in [0.2, 0.25) is 0 Å². The zero-order valence-electron chi connectivity index (χ0n) is 16.7. The van der Waals surface area contributed by atoms with Gasteiger partial charge in [-0.15, -0.1) is 5.10 Å². The Morgan fingerprint density at radius 1 is 1.20 bits per heavy atom. The van der Waals surface area contributed by atoms with Crippen molar-refractivity contribution in [3.05, 3.63) is 88.9 Å². The molecule has 1 aliphatic rings. The smallest absolute Gasteiger partial charge is 0.227 e. The van der Waals surface area contributed by atoms with Crippen LogP contribution in [0.5, 0.6) is 0 Å². The molecule has 30 heavy (non-hydrogen) atoms. The van der Waals surface area contributed by atoms with Crippen LogP contribution < -0.4 is 5.32 Å². The third-order valence-corrected chi connectivity index (χ3v) is 5.73. The van der Waals surface area contributed by atoms with Crippen molar-refractivity contribution in [2.75, 3.05) is 5.32 Å². The molecule has 0 bridgehead atoms. The van der Waals surface area contributed by atoms with Gasteiger partial charge in [0.15, 0.2) is 5.78 Å². The summed E-state index contributed by atoms with van der Waals surface area (Å²) >= 11 is 1.36. The fourth-order valence-electron chi connectivity index (χ4n) is 3.40. The Hall–Kier alpha value is -3.19. The van der Waals surface area contributed by atoms with Crippen LogP contribution in [0.25, 0.3) is 6.08 Å². The first-order chi connectivity index (χ1) is 14.5. The van der Waals surface area contributed by atoms with E-state index in [9.17, 15) is 9.18 Å². The van der Waals surface area contributed by atoms with Crippen LogP contribution in [0.1, 0.15) is 31.0 Å². The van der Waals surface area contributed by atoms with Crippen LogP contribution in [-0.2, 0) is 10.5 Å². The van der Waals surface area contributed by atoms with Crippen molar-refractivity contribution in [2.24, 2.45) is 0 Å². The number of ketones is 1. The fraction of sp³-hybridized carbons (Fsp3) is 0.174. The maximum atomic E-state index is 13.9. The molecule has 1 aliphatic heterocycles. The van der Waals surface area contributed by atoms with E-state index in [2.05, 4.69) is 15.4 Å². The van der Waals surface area contributed by atoms with Gasteiger partial charge in [0.2, 0.25) is 11.1 Å². The third-order valence-electron chi connectivity index (χ3n) is 4.84. The number of carbonyl (C=O) groups excluding carboxylic acids is 1. The van der Waals surface area contributed by atoms with Gasteiger partial charge in [-0.05, 0) is 31.0 Å². The number of halogens is 1. The molecule has 0 saturated heterocycles. The Morgan fingerprint density at radius 2 is 1.93 bits per heavy atom. The molecule has 0 radical (unpaired) electrons. The number of Topliss-reactive ketones (excluding diaryl/α,β-unsaturated/α-hetero) is 1. The Balaban J connectivity index is 1.63. The normalized spacial score (nSPS) is 15.9. The molecule has 0 fully saturated rings. The molecule has 3 aromatic rings. The Bertz CT molecular complexity index is 1140. The lowest BCUT2D eigenvalue weighted by atomic mass is 9.98. The van der Waals surface area contributed by atoms with Gasteiger partial charge in [-0.3, -0.25) is 4.79 Å². The molecule has 152 valence electrons. The van der Waals surface area contributed by atoms with Crippen LogP contribution in [0.3, 0.4) is 0 Å². The van der Waals surface area contributed by atoms with Crippen LogP contribution in [0.15, 0.2) is 77.1 Å². The molecule has 0 spiro atoms. The van der Waals surface area contributed by atoms with Crippen LogP contribution in [-0.4, -0.2) is 20.5 Å². The van der Waals surface area contributed by atoms with E-state index in [1.54, 1.807) is 23.7 Å². The zero-order chi connectivity index (χ0) is 21.1. The van der Waals surface area contributed by atoms with Crippen molar-refractivity contribution in [1.82, 2.24) is 14.8 Å². The number of carbonyl (C=O) groups is 1.